The molecule has 0 saturated carbocycles. The number of carbonyl (C=O) groups is 1. The molecule has 0 spiro atoms. The van der Waals surface area contributed by atoms with Crippen molar-refractivity contribution in [1.29, 1.82) is 0 Å². The third kappa shape index (κ3) is 5.66. The summed E-state index contributed by atoms with van der Waals surface area (Å²) in [5.74, 6) is 1.17. The Bertz CT molecular complexity index is 1240. The normalized spacial score (nSPS) is 14.5. The first-order valence-corrected chi connectivity index (χ1v) is 12.8. The maximum absolute atomic E-state index is 12.4. The van der Waals surface area contributed by atoms with Gasteiger partial charge in [0.1, 0.15) is 12.4 Å². The van der Waals surface area contributed by atoms with Gasteiger partial charge in [0.2, 0.25) is 5.90 Å². The number of carbonyl (C=O) groups excluding carboxylic acids is 1. The Kier molecular flexibility index (Phi) is 7.53. The van der Waals surface area contributed by atoms with Crippen molar-refractivity contribution in [2.75, 3.05) is 0 Å². The summed E-state index contributed by atoms with van der Waals surface area (Å²) in [5.41, 5.74) is 5.55. The van der Waals surface area contributed by atoms with Crippen LogP contribution in [0.1, 0.15) is 47.6 Å². The lowest BCUT2D eigenvalue weighted by Gasteiger charge is -2.13. The monoisotopic (exact) mass is 663 g/mol. The van der Waals surface area contributed by atoms with E-state index in [-0.39, 0.29) is 5.70 Å². The quantitative estimate of drug-likeness (QED) is 0.159. The summed E-state index contributed by atoms with van der Waals surface area (Å²) in [4.78, 5) is 16.9. The first-order valence-electron chi connectivity index (χ1n) is 10.6. The van der Waals surface area contributed by atoms with Gasteiger partial charge in [-0.1, -0.05) is 50.2 Å². The Hall–Kier alpha value is -2.20. The fraction of sp³-hybridized carbons (Fsp3) is 0.185. The second-order valence-corrected chi connectivity index (χ2v) is 10.5. The number of aryl methyl sites for hydroxylation is 1. The smallest absolute Gasteiger partial charge is 0.363 e. The van der Waals surface area contributed by atoms with E-state index in [1.165, 1.54) is 11.1 Å². The zero-order valence-corrected chi connectivity index (χ0v) is 22.9. The van der Waals surface area contributed by atoms with Gasteiger partial charge in [-0.3, -0.25) is 0 Å². The molecular formula is C27H23I2NO3. The van der Waals surface area contributed by atoms with Crippen molar-refractivity contribution in [3.8, 4) is 5.75 Å². The van der Waals surface area contributed by atoms with Gasteiger partial charge in [-0.05, 0) is 111 Å². The number of rotatable bonds is 6. The maximum atomic E-state index is 12.4. The number of hydrogen-bond donors (Lipinski definition) is 0. The van der Waals surface area contributed by atoms with Crippen LogP contribution in [0.25, 0.3) is 6.08 Å². The van der Waals surface area contributed by atoms with Gasteiger partial charge in [0.25, 0.3) is 0 Å². The molecule has 1 aliphatic heterocycles. The first kappa shape index (κ1) is 23.9. The lowest BCUT2D eigenvalue weighted by molar-refractivity contribution is -0.129. The van der Waals surface area contributed by atoms with Crippen LogP contribution in [0.3, 0.4) is 0 Å². The molecule has 0 aromatic heterocycles. The summed E-state index contributed by atoms with van der Waals surface area (Å²) in [6.07, 6.45) is 1.76. The maximum Gasteiger partial charge on any atom is 0.363 e. The summed E-state index contributed by atoms with van der Waals surface area (Å²) in [6.45, 7) is 6.88. The van der Waals surface area contributed by atoms with E-state index >= 15 is 0 Å². The van der Waals surface area contributed by atoms with Gasteiger partial charge in [-0.25, -0.2) is 9.79 Å². The van der Waals surface area contributed by atoms with Gasteiger partial charge in [0, 0.05) is 5.56 Å². The van der Waals surface area contributed by atoms with Crippen molar-refractivity contribution < 1.29 is 14.3 Å². The Balaban J connectivity index is 1.54. The molecule has 0 aliphatic carbocycles. The highest BCUT2D eigenvalue weighted by molar-refractivity contribution is 14.1. The molecule has 4 rings (SSSR count). The highest BCUT2D eigenvalue weighted by Crippen LogP contribution is 2.31. The zero-order chi connectivity index (χ0) is 23.5. The van der Waals surface area contributed by atoms with Crippen molar-refractivity contribution in [2.24, 2.45) is 4.99 Å². The predicted molar refractivity (Wildman–Crippen MR) is 149 cm³/mol. The zero-order valence-electron chi connectivity index (χ0n) is 18.6. The molecular weight excluding hydrogens is 640 g/mol. The van der Waals surface area contributed by atoms with Gasteiger partial charge >= 0.3 is 5.97 Å². The van der Waals surface area contributed by atoms with Crippen molar-refractivity contribution in [2.45, 2.75) is 33.3 Å². The Morgan fingerprint density at radius 2 is 1.70 bits per heavy atom. The molecule has 3 aromatic carbocycles. The van der Waals surface area contributed by atoms with E-state index in [1.54, 1.807) is 6.08 Å². The standard InChI is InChI=1S/C27H23I2NO3/c1-16(2)19-8-10-20(11-9-19)26-30-24(27(31)33-26)14-18-12-22(28)25(23(29)13-18)32-15-21-7-5-4-6-17(21)3/h4-14,16H,15H2,1-3H3/b24-14-. The number of cyclic esters (lactones) is 1. The lowest BCUT2D eigenvalue weighted by atomic mass is 10.0. The van der Waals surface area contributed by atoms with Crippen molar-refractivity contribution >= 4 is 63.1 Å². The second-order valence-electron chi connectivity index (χ2n) is 8.14. The molecule has 33 heavy (non-hydrogen) atoms. The highest BCUT2D eigenvalue weighted by Gasteiger charge is 2.24. The summed E-state index contributed by atoms with van der Waals surface area (Å²) < 4.78 is 13.5. The van der Waals surface area contributed by atoms with E-state index in [1.807, 2.05) is 48.5 Å². The summed E-state index contributed by atoms with van der Waals surface area (Å²) in [6, 6.07) is 20.1. The van der Waals surface area contributed by atoms with Crippen LogP contribution in [-0.4, -0.2) is 11.9 Å². The highest BCUT2D eigenvalue weighted by atomic mass is 127. The van der Waals surface area contributed by atoms with Crippen LogP contribution in [0.5, 0.6) is 5.75 Å². The topological polar surface area (TPSA) is 47.9 Å². The number of nitrogens with zero attached hydrogens (tertiary/aromatic N) is 1. The van der Waals surface area contributed by atoms with Crippen LogP contribution in [0.2, 0.25) is 0 Å². The molecule has 0 fully saturated rings. The Labute approximate surface area is 221 Å². The Morgan fingerprint density at radius 3 is 2.33 bits per heavy atom. The van der Waals surface area contributed by atoms with Gasteiger partial charge < -0.3 is 9.47 Å². The molecule has 1 aliphatic rings. The van der Waals surface area contributed by atoms with E-state index in [9.17, 15) is 4.79 Å². The van der Waals surface area contributed by atoms with Gasteiger partial charge in [0.05, 0.1) is 7.14 Å². The van der Waals surface area contributed by atoms with E-state index < -0.39 is 5.97 Å². The molecule has 0 unspecified atom stereocenters. The third-order valence-corrected chi connectivity index (χ3v) is 7.00. The van der Waals surface area contributed by atoms with Crippen LogP contribution in [0.4, 0.5) is 0 Å². The minimum atomic E-state index is -0.442. The SMILES string of the molecule is Cc1ccccc1COc1c(I)cc(/C=C2\N=C(c3ccc(C(C)C)cc3)OC2=O)cc1I. The van der Waals surface area contributed by atoms with E-state index in [2.05, 4.69) is 83.1 Å². The average Bonchev–Trinajstić information content (AvgIpc) is 3.14. The van der Waals surface area contributed by atoms with Crippen molar-refractivity contribution in [1.82, 2.24) is 0 Å². The van der Waals surface area contributed by atoms with Crippen LogP contribution in [0.15, 0.2) is 71.4 Å². The summed E-state index contributed by atoms with van der Waals surface area (Å²) in [5, 5.41) is 0. The third-order valence-electron chi connectivity index (χ3n) is 5.40. The number of aliphatic imine (C=N–C) groups is 1. The van der Waals surface area contributed by atoms with Crippen molar-refractivity contribution in [3.05, 3.63) is 101 Å². The molecule has 0 N–H and O–H groups in total. The first-order chi connectivity index (χ1) is 15.8. The number of benzene rings is 3. The molecule has 0 saturated heterocycles. The molecule has 6 heteroatoms. The largest absolute Gasteiger partial charge is 0.487 e. The van der Waals surface area contributed by atoms with E-state index in [0.29, 0.717) is 18.4 Å². The molecule has 0 amide bonds. The summed E-state index contributed by atoms with van der Waals surface area (Å²) in [7, 11) is 0. The van der Waals surface area contributed by atoms with Gasteiger partial charge in [-0.15, -0.1) is 0 Å². The molecule has 4 nitrogen and oxygen atoms in total. The van der Waals surface area contributed by atoms with Crippen LogP contribution in [0, 0.1) is 14.1 Å². The number of halogens is 2. The molecule has 1 heterocycles. The predicted octanol–water partition coefficient (Wildman–Crippen LogP) is 7.25. The molecule has 0 atom stereocenters. The molecule has 0 bridgehead atoms. The second kappa shape index (κ2) is 10.4. The van der Waals surface area contributed by atoms with E-state index in [0.717, 1.165) is 29.6 Å². The number of ether oxygens (including phenoxy) is 2. The minimum absolute atomic E-state index is 0.290. The fourth-order valence-corrected chi connectivity index (χ4v) is 5.55. The van der Waals surface area contributed by atoms with Gasteiger partial charge in [0.15, 0.2) is 5.70 Å². The van der Waals surface area contributed by atoms with Crippen LogP contribution in [-0.2, 0) is 16.1 Å². The summed E-state index contributed by atoms with van der Waals surface area (Å²) >= 11 is 4.53. The van der Waals surface area contributed by atoms with Crippen LogP contribution >= 0.6 is 45.2 Å². The van der Waals surface area contributed by atoms with Crippen molar-refractivity contribution in [3.63, 3.8) is 0 Å². The lowest BCUT2D eigenvalue weighted by Crippen LogP contribution is -2.05. The van der Waals surface area contributed by atoms with Gasteiger partial charge in [-0.2, -0.15) is 0 Å². The van der Waals surface area contributed by atoms with E-state index in [4.69, 9.17) is 9.47 Å². The number of esters is 1. The fourth-order valence-electron chi connectivity index (χ4n) is 3.42. The molecule has 3 aromatic rings. The molecule has 0 radical (unpaired) electrons. The Morgan fingerprint density at radius 1 is 1.03 bits per heavy atom. The van der Waals surface area contributed by atoms with Crippen LogP contribution < -0.4 is 4.74 Å². The number of hydrogen-bond acceptors (Lipinski definition) is 4. The average molecular weight is 663 g/mol. The minimum Gasteiger partial charge on any atom is -0.487 e. The molecule has 168 valence electrons.